The maximum absolute atomic E-state index is 11.9. The Bertz CT molecular complexity index is 588. The predicted octanol–water partition coefficient (Wildman–Crippen LogP) is 2.15. The maximum atomic E-state index is 11.9. The highest BCUT2D eigenvalue weighted by atomic mass is 16.3. The molecule has 0 spiro atoms. The number of fused-ring (bicyclic) bond motifs is 1. The summed E-state index contributed by atoms with van der Waals surface area (Å²) in [6, 6.07) is 7.38. The van der Waals surface area contributed by atoms with Gasteiger partial charge in [0.1, 0.15) is 5.58 Å². The van der Waals surface area contributed by atoms with Crippen LogP contribution in [0.4, 0.5) is 5.69 Å². The Morgan fingerprint density at radius 3 is 2.94 bits per heavy atom. The molecular weight excluding hydrogens is 216 g/mol. The van der Waals surface area contributed by atoms with Gasteiger partial charge in [0.25, 0.3) is 5.91 Å². The van der Waals surface area contributed by atoms with Gasteiger partial charge in [-0.1, -0.05) is 6.92 Å². The van der Waals surface area contributed by atoms with Gasteiger partial charge in [-0.05, 0) is 36.6 Å². The molecule has 4 heteroatoms. The maximum Gasteiger partial charge on any atom is 0.287 e. The van der Waals surface area contributed by atoms with Crippen LogP contribution in [-0.2, 0) is 0 Å². The van der Waals surface area contributed by atoms with Crippen molar-refractivity contribution in [1.29, 1.82) is 0 Å². The molecule has 1 aromatic carbocycles. The molecule has 1 aromatic heterocycles. The summed E-state index contributed by atoms with van der Waals surface area (Å²) in [5, 5.41) is 3.79. The van der Waals surface area contributed by atoms with Crippen molar-refractivity contribution in [3.63, 3.8) is 0 Å². The Hall–Kier alpha value is -1.97. The summed E-state index contributed by atoms with van der Waals surface area (Å²) in [4.78, 5) is 11.9. The van der Waals surface area contributed by atoms with Gasteiger partial charge in [-0.3, -0.25) is 4.79 Å². The molecule has 2 aromatic rings. The van der Waals surface area contributed by atoms with Crippen LogP contribution in [0.3, 0.4) is 0 Å². The number of rotatable bonds is 2. The summed E-state index contributed by atoms with van der Waals surface area (Å²) in [6.45, 7) is 2.12. The zero-order chi connectivity index (χ0) is 12.0. The number of benzene rings is 1. The van der Waals surface area contributed by atoms with Gasteiger partial charge >= 0.3 is 0 Å². The highest BCUT2D eigenvalue weighted by Gasteiger charge is 2.34. The number of hydrogen-bond donors (Lipinski definition) is 2. The topological polar surface area (TPSA) is 68.3 Å². The number of amides is 1. The number of furan rings is 1. The molecule has 3 N–H and O–H groups in total. The molecule has 1 amide bonds. The molecule has 2 atom stereocenters. The Kier molecular flexibility index (Phi) is 2.11. The smallest absolute Gasteiger partial charge is 0.287 e. The molecule has 0 bridgehead atoms. The summed E-state index contributed by atoms with van der Waals surface area (Å²) in [5.74, 6) is 0.790. The molecule has 88 valence electrons. The van der Waals surface area contributed by atoms with Crippen molar-refractivity contribution < 1.29 is 9.21 Å². The second-order valence-electron chi connectivity index (χ2n) is 4.70. The fourth-order valence-corrected chi connectivity index (χ4v) is 1.94. The van der Waals surface area contributed by atoms with E-state index >= 15 is 0 Å². The number of hydrogen-bond acceptors (Lipinski definition) is 3. The van der Waals surface area contributed by atoms with Crippen molar-refractivity contribution in [3.05, 3.63) is 30.0 Å². The highest BCUT2D eigenvalue weighted by Crippen LogP contribution is 2.29. The van der Waals surface area contributed by atoms with E-state index in [4.69, 9.17) is 10.2 Å². The molecule has 3 rings (SSSR count). The van der Waals surface area contributed by atoms with Crippen molar-refractivity contribution in [1.82, 2.24) is 5.32 Å². The van der Waals surface area contributed by atoms with Gasteiger partial charge < -0.3 is 15.5 Å². The van der Waals surface area contributed by atoms with Crippen molar-refractivity contribution in [2.45, 2.75) is 19.4 Å². The first kappa shape index (κ1) is 10.2. The van der Waals surface area contributed by atoms with Gasteiger partial charge in [-0.2, -0.15) is 0 Å². The number of nitrogens with two attached hydrogens (primary N) is 1. The third kappa shape index (κ3) is 1.86. The minimum Gasteiger partial charge on any atom is -0.451 e. The molecule has 0 radical (unpaired) electrons. The lowest BCUT2D eigenvalue weighted by atomic mass is 10.2. The average molecular weight is 230 g/mol. The minimum atomic E-state index is -0.144. The standard InChI is InChI=1S/C13H14N2O2/c1-7-4-10(7)15-13(16)12-6-8-5-9(14)2-3-11(8)17-12/h2-3,5-7,10H,4,14H2,1H3,(H,15,16). The second-order valence-corrected chi connectivity index (χ2v) is 4.70. The van der Waals surface area contributed by atoms with Gasteiger partial charge in [-0.25, -0.2) is 0 Å². The minimum absolute atomic E-state index is 0.144. The fourth-order valence-electron chi connectivity index (χ4n) is 1.94. The number of nitrogen functional groups attached to an aromatic ring is 1. The van der Waals surface area contributed by atoms with E-state index in [1.165, 1.54) is 0 Å². The van der Waals surface area contributed by atoms with Gasteiger partial charge in [-0.15, -0.1) is 0 Å². The summed E-state index contributed by atoms with van der Waals surface area (Å²) in [7, 11) is 0. The van der Waals surface area contributed by atoms with E-state index in [-0.39, 0.29) is 5.91 Å². The van der Waals surface area contributed by atoms with Gasteiger partial charge in [0, 0.05) is 17.1 Å². The molecule has 2 unspecified atom stereocenters. The van der Waals surface area contributed by atoms with E-state index in [1.54, 1.807) is 24.3 Å². The van der Waals surface area contributed by atoms with E-state index in [1.807, 2.05) is 0 Å². The van der Waals surface area contributed by atoms with E-state index in [0.29, 0.717) is 29.0 Å². The lowest BCUT2D eigenvalue weighted by molar-refractivity contribution is 0.0923. The predicted molar refractivity (Wildman–Crippen MR) is 65.7 cm³/mol. The molecule has 0 saturated heterocycles. The molecule has 17 heavy (non-hydrogen) atoms. The third-order valence-corrected chi connectivity index (χ3v) is 3.19. The van der Waals surface area contributed by atoms with Crippen LogP contribution in [0, 0.1) is 5.92 Å². The van der Waals surface area contributed by atoms with Gasteiger partial charge in [0.2, 0.25) is 0 Å². The third-order valence-electron chi connectivity index (χ3n) is 3.19. The number of anilines is 1. The van der Waals surface area contributed by atoms with Crippen molar-refractivity contribution in [2.24, 2.45) is 5.92 Å². The largest absolute Gasteiger partial charge is 0.451 e. The van der Waals surface area contributed by atoms with Crippen LogP contribution in [0.15, 0.2) is 28.7 Å². The first-order valence-electron chi connectivity index (χ1n) is 5.73. The van der Waals surface area contributed by atoms with Crippen LogP contribution >= 0.6 is 0 Å². The first-order chi connectivity index (χ1) is 8.13. The van der Waals surface area contributed by atoms with Crippen LogP contribution in [0.2, 0.25) is 0 Å². The molecule has 1 aliphatic carbocycles. The Balaban J connectivity index is 1.87. The Labute approximate surface area is 98.8 Å². The van der Waals surface area contributed by atoms with E-state index in [2.05, 4.69) is 12.2 Å². The molecule has 0 aliphatic heterocycles. The molecule has 1 saturated carbocycles. The van der Waals surface area contributed by atoms with Crippen LogP contribution in [0.25, 0.3) is 11.0 Å². The quantitative estimate of drug-likeness (QED) is 0.777. The molecule has 1 heterocycles. The number of carbonyl (C=O) groups is 1. The van der Waals surface area contributed by atoms with E-state index in [0.717, 1.165) is 11.8 Å². The van der Waals surface area contributed by atoms with Crippen LogP contribution in [-0.4, -0.2) is 11.9 Å². The van der Waals surface area contributed by atoms with Crippen molar-refractivity contribution in [3.8, 4) is 0 Å². The van der Waals surface area contributed by atoms with E-state index < -0.39 is 0 Å². The average Bonchev–Trinajstić information content (AvgIpc) is 2.81. The summed E-state index contributed by atoms with van der Waals surface area (Å²) < 4.78 is 5.48. The highest BCUT2D eigenvalue weighted by molar-refractivity contribution is 5.96. The Morgan fingerprint density at radius 1 is 1.47 bits per heavy atom. The summed E-state index contributed by atoms with van der Waals surface area (Å²) in [6.07, 6.45) is 1.05. The lowest BCUT2D eigenvalue weighted by Gasteiger charge is -1.99. The second kappa shape index (κ2) is 3.52. The molecule has 1 aliphatic rings. The fraction of sp³-hybridized carbons (Fsp3) is 0.308. The first-order valence-corrected chi connectivity index (χ1v) is 5.73. The number of carbonyl (C=O) groups excluding carboxylic acids is 1. The zero-order valence-corrected chi connectivity index (χ0v) is 9.57. The van der Waals surface area contributed by atoms with Crippen LogP contribution < -0.4 is 11.1 Å². The lowest BCUT2D eigenvalue weighted by Crippen LogP contribution is -2.25. The molecular formula is C13H14N2O2. The summed E-state index contributed by atoms with van der Waals surface area (Å²) >= 11 is 0. The monoisotopic (exact) mass is 230 g/mol. The van der Waals surface area contributed by atoms with Crippen LogP contribution in [0.5, 0.6) is 0 Å². The summed E-state index contributed by atoms with van der Waals surface area (Å²) in [5.41, 5.74) is 7.03. The van der Waals surface area contributed by atoms with Crippen molar-refractivity contribution >= 4 is 22.6 Å². The van der Waals surface area contributed by atoms with Crippen molar-refractivity contribution in [2.75, 3.05) is 5.73 Å². The number of nitrogens with one attached hydrogen (secondary N) is 1. The zero-order valence-electron chi connectivity index (χ0n) is 9.57. The van der Waals surface area contributed by atoms with Gasteiger partial charge in [0.15, 0.2) is 5.76 Å². The molecule has 1 fully saturated rings. The normalized spacial score (nSPS) is 22.6. The molecule has 4 nitrogen and oxygen atoms in total. The SMILES string of the molecule is CC1CC1NC(=O)c1cc2cc(N)ccc2o1. The Morgan fingerprint density at radius 2 is 2.24 bits per heavy atom. The van der Waals surface area contributed by atoms with Gasteiger partial charge in [0.05, 0.1) is 0 Å². The van der Waals surface area contributed by atoms with E-state index in [9.17, 15) is 4.79 Å². The van der Waals surface area contributed by atoms with Crippen LogP contribution in [0.1, 0.15) is 23.9 Å².